The molecule has 0 aromatic carbocycles. The van der Waals surface area contributed by atoms with E-state index in [1.165, 1.54) is 10.4 Å². The second kappa shape index (κ2) is 4.61. The van der Waals surface area contributed by atoms with Crippen LogP contribution in [0.25, 0.3) is 0 Å². The summed E-state index contributed by atoms with van der Waals surface area (Å²) in [6.45, 7) is 1.96. The maximum Gasteiger partial charge on any atom is 0.256 e. The van der Waals surface area contributed by atoms with E-state index >= 15 is 0 Å². The molecule has 1 atom stereocenters. The molecule has 0 bridgehead atoms. The second-order valence-electron chi connectivity index (χ2n) is 5.79. The molecule has 1 amide bonds. The summed E-state index contributed by atoms with van der Waals surface area (Å²) in [5, 5.41) is 7.59. The lowest BCUT2D eigenvalue weighted by Crippen LogP contribution is -2.39. The Labute approximate surface area is 127 Å². The van der Waals surface area contributed by atoms with Crippen LogP contribution in [0.5, 0.6) is 0 Å². The topological polar surface area (TPSA) is 49.3 Å². The summed E-state index contributed by atoms with van der Waals surface area (Å²) in [4.78, 5) is 16.2. The number of anilines is 1. The first-order valence-electron chi connectivity index (χ1n) is 7.15. The molecular formula is C15H18N4OS. The number of thiophene rings is 1. The number of hydrogen-bond donors (Lipinski definition) is 2. The quantitative estimate of drug-likeness (QED) is 0.846. The number of aromatic nitrogens is 1. The van der Waals surface area contributed by atoms with Crippen LogP contribution in [-0.2, 0) is 20.0 Å². The van der Waals surface area contributed by atoms with Crippen molar-refractivity contribution in [3.05, 3.63) is 40.0 Å². The molecule has 0 spiro atoms. The first-order valence-corrected chi connectivity index (χ1v) is 7.97. The number of nitrogens with one attached hydrogen (secondary N) is 2. The van der Waals surface area contributed by atoms with Gasteiger partial charge < -0.3 is 20.1 Å². The van der Waals surface area contributed by atoms with Gasteiger partial charge in [0.05, 0.1) is 11.3 Å². The van der Waals surface area contributed by atoms with Crippen LogP contribution in [0.15, 0.2) is 18.3 Å². The monoisotopic (exact) mass is 302 g/mol. The third-order valence-electron chi connectivity index (χ3n) is 4.31. The molecule has 0 aliphatic carbocycles. The number of hydrogen-bond acceptors (Lipinski definition) is 4. The maximum atomic E-state index is 12.5. The fraction of sp³-hybridized carbons (Fsp3) is 0.400. The summed E-state index contributed by atoms with van der Waals surface area (Å²) in [5.74, 6) is 0.0528. The molecule has 2 aliphatic rings. The van der Waals surface area contributed by atoms with Gasteiger partial charge in [-0.3, -0.25) is 4.79 Å². The Morgan fingerprint density at radius 3 is 2.95 bits per heavy atom. The first-order chi connectivity index (χ1) is 10.1. The third kappa shape index (κ3) is 1.98. The lowest BCUT2D eigenvalue weighted by molar-refractivity contribution is 0.0933. The smallest absolute Gasteiger partial charge is 0.256 e. The Morgan fingerprint density at radius 1 is 1.33 bits per heavy atom. The highest BCUT2D eigenvalue weighted by Crippen LogP contribution is 2.40. The number of likely N-dealkylation sites (N-methyl/N-ethyl adjacent to an activating group) is 1. The molecule has 110 valence electrons. The number of aryl methyl sites for hydroxylation is 1. The van der Waals surface area contributed by atoms with Crippen LogP contribution in [0, 0.1) is 0 Å². The summed E-state index contributed by atoms with van der Waals surface area (Å²) in [6.07, 6.45) is 2.80. The SMILES string of the molecule is CN1CCc2c(sc3c2C(=O)N[C@H](c2cccn2C)N3)C1. The van der Waals surface area contributed by atoms with Gasteiger partial charge in [-0.15, -0.1) is 11.3 Å². The average Bonchev–Trinajstić information content (AvgIpc) is 3.01. The minimum atomic E-state index is -0.150. The molecule has 2 N–H and O–H groups in total. The number of carbonyl (C=O) groups is 1. The summed E-state index contributed by atoms with van der Waals surface area (Å²) < 4.78 is 2.03. The van der Waals surface area contributed by atoms with Crippen molar-refractivity contribution in [2.24, 2.45) is 7.05 Å². The van der Waals surface area contributed by atoms with Gasteiger partial charge in [0.15, 0.2) is 0 Å². The standard InChI is InChI=1S/C15H18N4OS/c1-18-7-5-9-11(8-18)21-15-12(9)14(20)16-13(17-15)10-4-3-6-19(10)2/h3-4,6,13,17H,5,7-8H2,1-2H3,(H,16,20)/t13-/m0/s1. The van der Waals surface area contributed by atoms with Gasteiger partial charge in [-0.05, 0) is 31.2 Å². The van der Waals surface area contributed by atoms with Crippen LogP contribution in [0.4, 0.5) is 5.00 Å². The number of amides is 1. The fourth-order valence-corrected chi connectivity index (χ4v) is 4.52. The van der Waals surface area contributed by atoms with Crippen molar-refractivity contribution in [2.75, 3.05) is 18.9 Å². The molecule has 0 fully saturated rings. The zero-order valence-electron chi connectivity index (χ0n) is 12.1. The molecule has 5 nitrogen and oxygen atoms in total. The highest BCUT2D eigenvalue weighted by molar-refractivity contribution is 7.16. The Hall–Kier alpha value is -1.79. The Kier molecular flexibility index (Phi) is 2.83. The van der Waals surface area contributed by atoms with Crippen molar-refractivity contribution in [1.29, 1.82) is 0 Å². The molecule has 2 aromatic heterocycles. The largest absolute Gasteiger partial charge is 0.351 e. The number of nitrogens with zero attached hydrogens (tertiary/aromatic N) is 2. The maximum absolute atomic E-state index is 12.5. The second-order valence-corrected chi connectivity index (χ2v) is 6.90. The van der Waals surface area contributed by atoms with Gasteiger partial charge >= 0.3 is 0 Å². The molecular weight excluding hydrogens is 284 g/mol. The van der Waals surface area contributed by atoms with Crippen molar-refractivity contribution in [3.8, 4) is 0 Å². The molecule has 2 aliphatic heterocycles. The van der Waals surface area contributed by atoms with E-state index in [0.717, 1.165) is 35.8 Å². The normalized spacial score (nSPS) is 21.4. The van der Waals surface area contributed by atoms with Gasteiger partial charge in [-0.25, -0.2) is 0 Å². The van der Waals surface area contributed by atoms with Gasteiger partial charge in [0, 0.05) is 31.2 Å². The third-order valence-corrected chi connectivity index (χ3v) is 5.45. The minimum absolute atomic E-state index is 0.0528. The average molecular weight is 302 g/mol. The van der Waals surface area contributed by atoms with E-state index in [9.17, 15) is 4.79 Å². The van der Waals surface area contributed by atoms with E-state index in [1.54, 1.807) is 11.3 Å². The summed E-state index contributed by atoms with van der Waals surface area (Å²) >= 11 is 1.73. The summed E-state index contributed by atoms with van der Waals surface area (Å²) in [7, 11) is 4.12. The van der Waals surface area contributed by atoms with Crippen molar-refractivity contribution in [1.82, 2.24) is 14.8 Å². The molecule has 0 radical (unpaired) electrons. The van der Waals surface area contributed by atoms with E-state index in [1.807, 2.05) is 29.9 Å². The molecule has 4 heterocycles. The van der Waals surface area contributed by atoms with Crippen molar-refractivity contribution >= 4 is 22.2 Å². The van der Waals surface area contributed by atoms with Gasteiger partial charge in [0.2, 0.25) is 0 Å². The molecule has 0 saturated heterocycles. The predicted molar refractivity (Wildman–Crippen MR) is 83.6 cm³/mol. The number of rotatable bonds is 1. The van der Waals surface area contributed by atoms with Gasteiger partial charge in [-0.2, -0.15) is 0 Å². The number of carbonyl (C=O) groups excluding carboxylic acids is 1. The number of fused-ring (bicyclic) bond motifs is 3. The van der Waals surface area contributed by atoms with Gasteiger partial charge in [0.1, 0.15) is 11.2 Å². The molecule has 4 rings (SSSR count). The van der Waals surface area contributed by atoms with Crippen LogP contribution in [-0.4, -0.2) is 29.0 Å². The molecule has 6 heteroatoms. The first kappa shape index (κ1) is 12.9. The van der Waals surface area contributed by atoms with E-state index in [-0.39, 0.29) is 12.1 Å². The zero-order chi connectivity index (χ0) is 14.6. The molecule has 21 heavy (non-hydrogen) atoms. The van der Waals surface area contributed by atoms with Gasteiger partial charge in [0.25, 0.3) is 5.91 Å². The van der Waals surface area contributed by atoms with Crippen LogP contribution in [0.2, 0.25) is 0 Å². The van der Waals surface area contributed by atoms with Crippen LogP contribution in [0.1, 0.15) is 32.7 Å². The van der Waals surface area contributed by atoms with Crippen LogP contribution >= 0.6 is 11.3 Å². The highest BCUT2D eigenvalue weighted by Gasteiger charge is 2.33. The minimum Gasteiger partial charge on any atom is -0.351 e. The Balaban J connectivity index is 1.73. The van der Waals surface area contributed by atoms with Crippen molar-refractivity contribution in [2.45, 2.75) is 19.1 Å². The van der Waals surface area contributed by atoms with Crippen molar-refractivity contribution in [3.63, 3.8) is 0 Å². The van der Waals surface area contributed by atoms with Crippen LogP contribution < -0.4 is 10.6 Å². The molecule has 0 unspecified atom stereocenters. The summed E-state index contributed by atoms with van der Waals surface area (Å²) in [6, 6.07) is 4.03. The van der Waals surface area contributed by atoms with E-state index in [2.05, 4.69) is 22.6 Å². The van der Waals surface area contributed by atoms with Crippen molar-refractivity contribution < 1.29 is 4.79 Å². The molecule has 2 aromatic rings. The zero-order valence-corrected chi connectivity index (χ0v) is 13.0. The molecule has 0 saturated carbocycles. The highest BCUT2D eigenvalue weighted by atomic mass is 32.1. The Morgan fingerprint density at radius 2 is 2.19 bits per heavy atom. The van der Waals surface area contributed by atoms with E-state index in [4.69, 9.17) is 0 Å². The Bertz CT molecular complexity index is 717. The lowest BCUT2D eigenvalue weighted by atomic mass is 10.0. The lowest BCUT2D eigenvalue weighted by Gasteiger charge is -2.27. The van der Waals surface area contributed by atoms with E-state index in [0.29, 0.717) is 0 Å². The fourth-order valence-electron chi connectivity index (χ4n) is 3.17. The summed E-state index contributed by atoms with van der Waals surface area (Å²) in [5.41, 5.74) is 3.18. The van der Waals surface area contributed by atoms with E-state index < -0.39 is 0 Å². The van der Waals surface area contributed by atoms with Gasteiger partial charge in [-0.1, -0.05) is 0 Å². The predicted octanol–water partition coefficient (Wildman–Crippen LogP) is 1.93. The van der Waals surface area contributed by atoms with Crippen LogP contribution in [0.3, 0.4) is 0 Å².